The van der Waals surface area contributed by atoms with Crippen molar-refractivity contribution in [3.63, 3.8) is 0 Å². The van der Waals surface area contributed by atoms with Gasteiger partial charge in [0, 0.05) is 4.47 Å². The van der Waals surface area contributed by atoms with Crippen molar-refractivity contribution in [2.75, 3.05) is 11.1 Å². The van der Waals surface area contributed by atoms with Gasteiger partial charge in [0.1, 0.15) is 17.1 Å². The van der Waals surface area contributed by atoms with E-state index >= 15 is 0 Å². The number of nitrogens with two attached hydrogens (primary N) is 1. The van der Waals surface area contributed by atoms with Crippen molar-refractivity contribution in [2.45, 2.75) is 6.92 Å². The zero-order valence-electron chi connectivity index (χ0n) is 11.0. The molecule has 0 spiro atoms. The van der Waals surface area contributed by atoms with Crippen LogP contribution < -0.4 is 11.1 Å². The van der Waals surface area contributed by atoms with Gasteiger partial charge in [-0.25, -0.2) is 4.98 Å². The number of carbonyl (C=O) groups excluding carboxylic acids is 1. The summed E-state index contributed by atoms with van der Waals surface area (Å²) in [5.41, 5.74) is 5.66. The maximum Gasteiger partial charge on any atom is 0.304 e. The molecule has 0 unspecified atom stereocenters. The molecule has 21 heavy (non-hydrogen) atoms. The van der Waals surface area contributed by atoms with E-state index in [0.717, 1.165) is 4.47 Å². The van der Waals surface area contributed by atoms with Gasteiger partial charge in [0.25, 0.3) is 5.91 Å². The Balaban J connectivity index is 2.35. The summed E-state index contributed by atoms with van der Waals surface area (Å²) in [4.78, 5) is 26.7. The van der Waals surface area contributed by atoms with Crippen LogP contribution in [0.4, 0.5) is 17.2 Å². The van der Waals surface area contributed by atoms with E-state index in [4.69, 9.17) is 5.73 Å². The molecule has 1 amide bonds. The summed E-state index contributed by atoms with van der Waals surface area (Å²) in [6.07, 6.45) is 0. The first-order chi connectivity index (χ1) is 9.90. The van der Waals surface area contributed by atoms with Gasteiger partial charge in [-0.3, -0.25) is 14.9 Å². The molecular formula is C13H11BrN4O3. The summed E-state index contributed by atoms with van der Waals surface area (Å²) < 4.78 is 0.801. The minimum absolute atomic E-state index is 0.0624. The monoisotopic (exact) mass is 350 g/mol. The number of nitrogen functional groups attached to an aromatic ring is 1. The number of hydrogen-bond acceptors (Lipinski definition) is 5. The lowest BCUT2D eigenvalue weighted by Gasteiger charge is -2.07. The number of nitrogens with zero attached hydrogens (tertiary/aromatic N) is 2. The molecular weight excluding hydrogens is 340 g/mol. The average molecular weight is 351 g/mol. The molecule has 7 nitrogen and oxygen atoms in total. The van der Waals surface area contributed by atoms with Gasteiger partial charge in [-0.2, -0.15) is 0 Å². The lowest BCUT2D eigenvalue weighted by Crippen LogP contribution is -2.15. The van der Waals surface area contributed by atoms with Crippen LogP contribution in [0.5, 0.6) is 0 Å². The molecule has 0 atom stereocenters. The maximum absolute atomic E-state index is 12.2. The third kappa shape index (κ3) is 3.16. The van der Waals surface area contributed by atoms with Crippen molar-refractivity contribution >= 4 is 39.0 Å². The van der Waals surface area contributed by atoms with Crippen LogP contribution in [0.3, 0.4) is 0 Å². The van der Waals surface area contributed by atoms with Crippen molar-refractivity contribution in [2.24, 2.45) is 0 Å². The summed E-state index contributed by atoms with van der Waals surface area (Å²) in [7, 11) is 0. The van der Waals surface area contributed by atoms with E-state index in [9.17, 15) is 14.9 Å². The van der Waals surface area contributed by atoms with E-state index in [1.165, 1.54) is 18.2 Å². The highest BCUT2D eigenvalue weighted by atomic mass is 79.9. The predicted octanol–water partition coefficient (Wildman–Crippen LogP) is 2.90. The van der Waals surface area contributed by atoms with E-state index in [1.807, 2.05) is 0 Å². The molecule has 0 aliphatic heterocycles. The van der Waals surface area contributed by atoms with Crippen LogP contribution in [-0.2, 0) is 0 Å². The van der Waals surface area contributed by atoms with Gasteiger partial charge < -0.3 is 11.1 Å². The van der Waals surface area contributed by atoms with Crippen LogP contribution in [0.2, 0.25) is 0 Å². The fourth-order valence-corrected chi connectivity index (χ4v) is 1.97. The molecule has 0 fully saturated rings. The van der Waals surface area contributed by atoms with Crippen molar-refractivity contribution in [3.05, 3.63) is 56.2 Å². The number of hydrogen-bond donors (Lipinski definition) is 2. The Hall–Kier alpha value is -2.48. The van der Waals surface area contributed by atoms with Gasteiger partial charge in [-0.05, 0) is 47.1 Å². The number of aryl methyl sites for hydroxylation is 1. The minimum atomic E-state index is -0.676. The SMILES string of the molecule is Cc1nc(NC(=O)c2cccc(N)c2[N+](=O)[O-])ccc1Br. The number of benzene rings is 1. The Bertz CT molecular complexity index is 733. The molecule has 0 radical (unpaired) electrons. The van der Waals surface area contributed by atoms with E-state index in [0.29, 0.717) is 11.5 Å². The van der Waals surface area contributed by atoms with Crippen molar-refractivity contribution in [1.82, 2.24) is 4.98 Å². The van der Waals surface area contributed by atoms with Crippen LogP contribution in [0.1, 0.15) is 16.1 Å². The molecule has 0 aliphatic rings. The number of para-hydroxylation sites is 1. The van der Waals surface area contributed by atoms with Crippen molar-refractivity contribution in [1.29, 1.82) is 0 Å². The molecule has 2 rings (SSSR count). The number of nitro benzene ring substituents is 1. The molecule has 0 bridgehead atoms. The summed E-state index contributed by atoms with van der Waals surface area (Å²) in [6.45, 7) is 1.77. The van der Waals surface area contributed by atoms with Crippen LogP contribution in [0, 0.1) is 17.0 Å². The fraction of sp³-hybridized carbons (Fsp3) is 0.0769. The van der Waals surface area contributed by atoms with Gasteiger partial charge in [0.15, 0.2) is 0 Å². The second-order valence-corrected chi connectivity index (χ2v) is 5.07. The second kappa shape index (κ2) is 5.88. The molecule has 1 aromatic carbocycles. The van der Waals surface area contributed by atoms with Crippen LogP contribution in [-0.4, -0.2) is 15.8 Å². The third-order valence-corrected chi connectivity index (χ3v) is 3.60. The van der Waals surface area contributed by atoms with E-state index in [2.05, 4.69) is 26.2 Å². The number of rotatable bonds is 3. The zero-order valence-corrected chi connectivity index (χ0v) is 12.5. The van der Waals surface area contributed by atoms with Crippen LogP contribution in [0.25, 0.3) is 0 Å². The predicted molar refractivity (Wildman–Crippen MR) is 82.1 cm³/mol. The van der Waals surface area contributed by atoms with E-state index in [-0.39, 0.29) is 11.3 Å². The smallest absolute Gasteiger partial charge is 0.304 e. The van der Waals surface area contributed by atoms with Gasteiger partial charge in [-0.15, -0.1) is 0 Å². The number of halogens is 1. The van der Waals surface area contributed by atoms with Crippen molar-refractivity contribution in [3.8, 4) is 0 Å². The first kappa shape index (κ1) is 14.9. The molecule has 2 aromatic rings. The van der Waals surface area contributed by atoms with Gasteiger partial charge in [0.05, 0.1) is 10.6 Å². The number of nitrogens with one attached hydrogen (secondary N) is 1. The highest BCUT2D eigenvalue weighted by molar-refractivity contribution is 9.10. The number of nitro groups is 1. The molecule has 1 heterocycles. The van der Waals surface area contributed by atoms with Crippen LogP contribution in [0.15, 0.2) is 34.8 Å². The van der Waals surface area contributed by atoms with Crippen molar-refractivity contribution < 1.29 is 9.72 Å². The number of amides is 1. The molecule has 3 N–H and O–H groups in total. The Morgan fingerprint density at radius 3 is 2.71 bits per heavy atom. The van der Waals surface area contributed by atoms with E-state index in [1.54, 1.807) is 19.1 Å². The highest BCUT2D eigenvalue weighted by Gasteiger charge is 2.23. The maximum atomic E-state index is 12.2. The van der Waals surface area contributed by atoms with Crippen LogP contribution >= 0.6 is 15.9 Å². The first-order valence-electron chi connectivity index (χ1n) is 5.87. The van der Waals surface area contributed by atoms with Gasteiger partial charge >= 0.3 is 5.69 Å². The molecule has 108 valence electrons. The van der Waals surface area contributed by atoms with Gasteiger partial charge in [0.2, 0.25) is 0 Å². The quantitative estimate of drug-likeness (QED) is 0.502. The standard InChI is InChI=1S/C13H11BrN4O3/c1-7-9(14)5-6-11(16-7)17-13(19)8-3-2-4-10(15)12(8)18(20)21/h2-6H,15H2,1H3,(H,16,17,19). The van der Waals surface area contributed by atoms with Gasteiger partial charge in [-0.1, -0.05) is 6.07 Å². The normalized spacial score (nSPS) is 10.2. The number of anilines is 2. The average Bonchev–Trinajstić information content (AvgIpc) is 2.42. The first-order valence-corrected chi connectivity index (χ1v) is 6.67. The number of carbonyl (C=O) groups is 1. The number of pyridine rings is 1. The lowest BCUT2D eigenvalue weighted by molar-refractivity contribution is -0.384. The molecule has 0 saturated carbocycles. The van der Waals surface area contributed by atoms with E-state index < -0.39 is 16.5 Å². The summed E-state index contributed by atoms with van der Waals surface area (Å²) >= 11 is 3.30. The third-order valence-electron chi connectivity index (χ3n) is 2.76. The lowest BCUT2D eigenvalue weighted by atomic mass is 10.1. The molecule has 8 heteroatoms. The molecule has 0 saturated heterocycles. The Kier molecular flexibility index (Phi) is 4.18. The Labute approximate surface area is 128 Å². The Morgan fingerprint density at radius 2 is 2.10 bits per heavy atom. The Morgan fingerprint density at radius 1 is 1.38 bits per heavy atom. The zero-order chi connectivity index (χ0) is 15.6. The molecule has 0 aliphatic carbocycles. The summed E-state index contributed by atoms with van der Waals surface area (Å²) in [5, 5.41) is 13.5. The number of aromatic nitrogens is 1. The fourth-order valence-electron chi connectivity index (χ4n) is 1.75. The summed E-state index contributed by atoms with van der Waals surface area (Å²) in [5.74, 6) is -0.333. The topological polar surface area (TPSA) is 111 Å². The molecule has 1 aromatic heterocycles. The minimum Gasteiger partial charge on any atom is -0.393 e. The second-order valence-electron chi connectivity index (χ2n) is 4.22. The highest BCUT2D eigenvalue weighted by Crippen LogP contribution is 2.26. The largest absolute Gasteiger partial charge is 0.393 e. The summed E-state index contributed by atoms with van der Waals surface area (Å²) in [6, 6.07) is 7.52.